The van der Waals surface area contributed by atoms with Gasteiger partial charge in [0.15, 0.2) is 0 Å². The van der Waals surface area contributed by atoms with Crippen molar-refractivity contribution in [1.29, 1.82) is 0 Å². The number of rotatable bonds is 2. The monoisotopic (exact) mass is 269 g/mol. The van der Waals surface area contributed by atoms with Gasteiger partial charge in [0.25, 0.3) is 5.91 Å². The zero-order valence-electron chi connectivity index (χ0n) is 10.8. The molecule has 0 spiro atoms. The van der Waals surface area contributed by atoms with Gasteiger partial charge in [0, 0.05) is 16.8 Å². The number of fused-ring (bicyclic) bond motifs is 1. The van der Waals surface area contributed by atoms with Crippen molar-refractivity contribution in [1.82, 2.24) is 0 Å². The third-order valence-electron chi connectivity index (χ3n) is 3.19. The van der Waals surface area contributed by atoms with E-state index in [2.05, 4.69) is 5.32 Å². The van der Waals surface area contributed by atoms with E-state index < -0.39 is 0 Å². The van der Waals surface area contributed by atoms with E-state index >= 15 is 0 Å². The molecule has 1 amide bonds. The molecule has 100 valence electrons. The molecule has 0 atom stereocenters. The van der Waals surface area contributed by atoms with Gasteiger partial charge in [-0.1, -0.05) is 12.1 Å². The summed E-state index contributed by atoms with van der Waals surface area (Å²) in [4.78, 5) is 12.0. The Labute approximate surface area is 115 Å². The summed E-state index contributed by atoms with van der Waals surface area (Å²) in [5.41, 5.74) is 2.86. The van der Waals surface area contributed by atoms with Crippen molar-refractivity contribution >= 4 is 23.2 Å². The number of anilines is 1. The first-order chi connectivity index (χ1) is 9.67. The van der Waals surface area contributed by atoms with Gasteiger partial charge in [-0.15, -0.1) is 0 Å². The summed E-state index contributed by atoms with van der Waals surface area (Å²) in [7, 11) is 1.58. The molecule has 1 aliphatic rings. The first-order valence-corrected chi connectivity index (χ1v) is 6.14. The Morgan fingerprint density at radius 3 is 2.60 bits per heavy atom. The van der Waals surface area contributed by atoms with Crippen LogP contribution < -0.4 is 10.1 Å². The second kappa shape index (κ2) is 4.81. The molecule has 2 aromatic rings. The normalized spacial score (nSPS) is 15.1. The highest BCUT2D eigenvalue weighted by molar-refractivity contribution is 6.35. The number of hydrogen-bond acceptors (Lipinski definition) is 2. The van der Waals surface area contributed by atoms with Crippen molar-refractivity contribution in [3.63, 3.8) is 0 Å². The van der Waals surface area contributed by atoms with E-state index in [0.717, 1.165) is 16.8 Å². The van der Waals surface area contributed by atoms with Crippen LogP contribution in [-0.4, -0.2) is 13.0 Å². The molecule has 1 aliphatic heterocycles. The Balaban J connectivity index is 2.06. The van der Waals surface area contributed by atoms with E-state index in [0.29, 0.717) is 11.3 Å². The van der Waals surface area contributed by atoms with Crippen molar-refractivity contribution in [3.8, 4) is 5.75 Å². The molecule has 0 fully saturated rings. The average molecular weight is 269 g/mol. The lowest BCUT2D eigenvalue weighted by molar-refractivity contribution is -0.110. The number of methoxy groups -OCH3 is 1. The number of hydrogen-bond donors (Lipinski definition) is 1. The molecule has 0 radical (unpaired) electrons. The molecular formula is C16H12FNO2. The molecule has 0 aromatic heterocycles. The molecule has 4 heteroatoms. The van der Waals surface area contributed by atoms with Crippen LogP contribution in [0.5, 0.6) is 5.75 Å². The van der Waals surface area contributed by atoms with E-state index in [4.69, 9.17) is 4.74 Å². The number of nitrogens with one attached hydrogen (secondary N) is 1. The summed E-state index contributed by atoms with van der Waals surface area (Å²) in [6.45, 7) is 0. The van der Waals surface area contributed by atoms with Crippen LogP contribution in [0.25, 0.3) is 11.6 Å². The molecule has 0 saturated heterocycles. The van der Waals surface area contributed by atoms with Crippen molar-refractivity contribution in [3.05, 3.63) is 59.4 Å². The Kier molecular flexibility index (Phi) is 2.99. The fourth-order valence-corrected chi connectivity index (χ4v) is 2.16. The summed E-state index contributed by atoms with van der Waals surface area (Å²) < 4.78 is 18.1. The second-order valence-corrected chi connectivity index (χ2v) is 4.48. The van der Waals surface area contributed by atoms with Gasteiger partial charge in [-0.3, -0.25) is 4.79 Å². The quantitative estimate of drug-likeness (QED) is 0.849. The fraction of sp³-hybridized carbons (Fsp3) is 0.0625. The lowest BCUT2D eigenvalue weighted by Gasteiger charge is -2.03. The van der Waals surface area contributed by atoms with Crippen molar-refractivity contribution < 1.29 is 13.9 Å². The van der Waals surface area contributed by atoms with Gasteiger partial charge < -0.3 is 10.1 Å². The predicted molar refractivity (Wildman–Crippen MR) is 75.9 cm³/mol. The highest BCUT2D eigenvalue weighted by atomic mass is 19.1. The molecule has 0 aliphatic carbocycles. The maximum atomic E-state index is 12.9. The van der Waals surface area contributed by atoms with Crippen LogP contribution in [0, 0.1) is 5.82 Å². The summed E-state index contributed by atoms with van der Waals surface area (Å²) in [5, 5.41) is 2.79. The minimum Gasteiger partial charge on any atom is -0.497 e. The fourth-order valence-electron chi connectivity index (χ4n) is 2.16. The van der Waals surface area contributed by atoms with Gasteiger partial charge in [-0.2, -0.15) is 0 Å². The summed E-state index contributed by atoms with van der Waals surface area (Å²) in [6.07, 6.45) is 1.74. The van der Waals surface area contributed by atoms with Gasteiger partial charge in [0.1, 0.15) is 11.6 Å². The van der Waals surface area contributed by atoms with Gasteiger partial charge in [0.05, 0.1) is 7.11 Å². The van der Waals surface area contributed by atoms with Crippen molar-refractivity contribution in [2.45, 2.75) is 0 Å². The number of benzene rings is 2. The maximum Gasteiger partial charge on any atom is 0.256 e. The maximum absolute atomic E-state index is 12.9. The zero-order valence-corrected chi connectivity index (χ0v) is 10.8. The SMILES string of the molecule is COc1ccc2c(c1)/C(=C\c1ccc(F)cc1)C(=O)N2. The van der Waals surface area contributed by atoms with Gasteiger partial charge >= 0.3 is 0 Å². The molecule has 1 N–H and O–H groups in total. The number of ether oxygens (including phenoxy) is 1. The third-order valence-corrected chi connectivity index (χ3v) is 3.19. The first kappa shape index (κ1) is 12.4. The smallest absolute Gasteiger partial charge is 0.256 e. The van der Waals surface area contributed by atoms with E-state index in [9.17, 15) is 9.18 Å². The van der Waals surface area contributed by atoms with Gasteiger partial charge in [-0.25, -0.2) is 4.39 Å². The number of halogens is 1. The topological polar surface area (TPSA) is 38.3 Å². The molecule has 3 nitrogen and oxygen atoms in total. The summed E-state index contributed by atoms with van der Waals surface area (Å²) in [6, 6.07) is 11.4. The molecule has 3 rings (SSSR count). The Hall–Kier alpha value is -2.62. The van der Waals surface area contributed by atoms with E-state index in [1.54, 1.807) is 37.5 Å². The van der Waals surface area contributed by atoms with Crippen LogP contribution in [0.2, 0.25) is 0 Å². The Morgan fingerprint density at radius 1 is 1.15 bits per heavy atom. The van der Waals surface area contributed by atoms with Gasteiger partial charge in [-0.05, 0) is 42.0 Å². The average Bonchev–Trinajstić information content (AvgIpc) is 2.77. The van der Waals surface area contributed by atoms with Crippen molar-refractivity contribution in [2.24, 2.45) is 0 Å². The molecule has 20 heavy (non-hydrogen) atoms. The van der Waals surface area contributed by atoms with Crippen LogP contribution in [0.3, 0.4) is 0 Å². The van der Waals surface area contributed by atoms with Gasteiger partial charge in [0.2, 0.25) is 0 Å². The van der Waals surface area contributed by atoms with E-state index in [1.807, 2.05) is 6.07 Å². The minimum absolute atomic E-state index is 0.169. The highest BCUT2D eigenvalue weighted by Gasteiger charge is 2.24. The molecule has 2 aromatic carbocycles. The van der Waals surface area contributed by atoms with Crippen LogP contribution in [-0.2, 0) is 4.79 Å². The Bertz CT molecular complexity index is 705. The largest absolute Gasteiger partial charge is 0.497 e. The third kappa shape index (κ3) is 2.16. The lowest BCUT2D eigenvalue weighted by atomic mass is 10.0. The highest BCUT2D eigenvalue weighted by Crippen LogP contribution is 2.35. The first-order valence-electron chi connectivity index (χ1n) is 6.14. The second-order valence-electron chi connectivity index (χ2n) is 4.48. The zero-order chi connectivity index (χ0) is 14.1. The molecule has 0 bridgehead atoms. The molecule has 0 saturated carbocycles. The standard InChI is InChI=1S/C16H12FNO2/c1-20-12-6-7-15-13(9-12)14(16(19)18-15)8-10-2-4-11(17)5-3-10/h2-9H,1H3,(H,18,19)/b14-8+. The number of amides is 1. The number of carbonyl (C=O) groups excluding carboxylic acids is 1. The summed E-state index contributed by atoms with van der Waals surface area (Å²) >= 11 is 0. The van der Waals surface area contributed by atoms with Crippen LogP contribution in [0.4, 0.5) is 10.1 Å². The lowest BCUT2D eigenvalue weighted by Crippen LogP contribution is -2.03. The van der Waals surface area contributed by atoms with Crippen molar-refractivity contribution in [2.75, 3.05) is 12.4 Å². The van der Waals surface area contributed by atoms with E-state index in [-0.39, 0.29) is 11.7 Å². The molecular weight excluding hydrogens is 257 g/mol. The summed E-state index contributed by atoms with van der Waals surface area (Å²) in [5.74, 6) is 0.216. The number of carbonyl (C=O) groups is 1. The Morgan fingerprint density at radius 2 is 1.90 bits per heavy atom. The predicted octanol–water partition coefficient (Wildman–Crippen LogP) is 3.33. The van der Waals surface area contributed by atoms with E-state index in [1.165, 1.54) is 12.1 Å². The molecule has 0 unspecified atom stereocenters. The van der Waals surface area contributed by atoms with Crippen LogP contribution in [0.15, 0.2) is 42.5 Å². The van der Waals surface area contributed by atoms with Crippen LogP contribution in [0.1, 0.15) is 11.1 Å². The minimum atomic E-state index is -0.301. The van der Waals surface area contributed by atoms with Crippen LogP contribution >= 0.6 is 0 Å². The molecule has 1 heterocycles.